The fourth-order valence-corrected chi connectivity index (χ4v) is 1.88. The highest BCUT2D eigenvalue weighted by atomic mass is 35.5. The van der Waals surface area contributed by atoms with Gasteiger partial charge in [-0.25, -0.2) is 0 Å². The number of rotatable bonds is 2. The van der Waals surface area contributed by atoms with Gasteiger partial charge in [0.15, 0.2) is 5.11 Å². The molecule has 88 valence electrons. The number of aromatic amines is 1. The van der Waals surface area contributed by atoms with Crippen LogP contribution in [0.2, 0.25) is 5.02 Å². The van der Waals surface area contributed by atoms with Crippen LogP contribution in [-0.4, -0.2) is 10.1 Å². The third-order valence-corrected chi connectivity index (χ3v) is 2.72. The number of nitrogens with two attached hydrogens (primary N) is 1. The molecule has 1 aromatic heterocycles. The quantitative estimate of drug-likeness (QED) is 0.722. The molecule has 2 rings (SSSR count). The molecular weight excluding hydrogens is 258 g/mol. The molecule has 4 N–H and O–H groups in total. The minimum Gasteiger partial charge on any atom is -0.376 e. The number of aromatic nitrogens is 1. The predicted octanol–water partition coefficient (Wildman–Crippen LogP) is 1.51. The van der Waals surface area contributed by atoms with Gasteiger partial charge in [-0.1, -0.05) is 17.7 Å². The number of pyridine rings is 1. The van der Waals surface area contributed by atoms with Crippen LogP contribution in [0, 0.1) is 0 Å². The van der Waals surface area contributed by atoms with Crippen molar-refractivity contribution in [1.82, 2.24) is 10.3 Å². The summed E-state index contributed by atoms with van der Waals surface area (Å²) in [5.41, 5.74) is 6.70. The highest BCUT2D eigenvalue weighted by molar-refractivity contribution is 7.80. The molecule has 1 aromatic carbocycles. The number of hydrogen-bond donors (Lipinski definition) is 3. The molecular formula is C11H10ClN3OS. The van der Waals surface area contributed by atoms with Crippen molar-refractivity contribution in [3.63, 3.8) is 0 Å². The Morgan fingerprint density at radius 3 is 2.94 bits per heavy atom. The molecule has 0 amide bonds. The normalized spacial score (nSPS) is 10.4. The summed E-state index contributed by atoms with van der Waals surface area (Å²) < 4.78 is 0. The SMILES string of the molecule is NC(=S)NCc1cc(=O)[nH]c2cc(Cl)ccc12. The van der Waals surface area contributed by atoms with Gasteiger partial charge in [0.25, 0.3) is 0 Å². The molecule has 2 aromatic rings. The Morgan fingerprint density at radius 1 is 1.47 bits per heavy atom. The van der Waals surface area contributed by atoms with Crippen LogP contribution in [0.3, 0.4) is 0 Å². The molecule has 6 heteroatoms. The molecule has 0 atom stereocenters. The second-order valence-corrected chi connectivity index (χ2v) is 4.44. The van der Waals surface area contributed by atoms with Crippen LogP contribution in [0.5, 0.6) is 0 Å². The van der Waals surface area contributed by atoms with Crippen LogP contribution >= 0.6 is 23.8 Å². The third kappa shape index (κ3) is 2.75. The lowest BCUT2D eigenvalue weighted by Crippen LogP contribution is -2.28. The average Bonchev–Trinajstić information content (AvgIpc) is 2.24. The van der Waals surface area contributed by atoms with Gasteiger partial charge in [-0.2, -0.15) is 0 Å². The van der Waals surface area contributed by atoms with E-state index in [9.17, 15) is 4.79 Å². The summed E-state index contributed by atoms with van der Waals surface area (Å²) in [6.07, 6.45) is 0. The first-order chi connectivity index (χ1) is 8.06. The van der Waals surface area contributed by atoms with E-state index in [4.69, 9.17) is 29.6 Å². The molecule has 0 spiro atoms. The monoisotopic (exact) mass is 267 g/mol. The van der Waals surface area contributed by atoms with Gasteiger partial charge < -0.3 is 16.0 Å². The summed E-state index contributed by atoms with van der Waals surface area (Å²) in [5.74, 6) is 0. The lowest BCUT2D eigenvalue weighted by atomic mass is 10.1. The molecule has 0 saturated heterocycles. The maximum absolute atomic E-state index is 11.5. The topological polar surface area (TPSA) is 70.9 Å². The first-order valence-electron chi connectivity index (χ1n) is 4.91. The molecule has 17 heavy (non-hydrogen) atoms. The molecule has 4 nitrogen and oxygen atoms in total. The van der Waals surface area contributed by atoms with Gasteiger partial charge in [0.2, 0.25) is 5.56 Å². The van der Waals surface area contributed by atoms with Gasteiger partial charge in [-0.15, -0.1) is 0 Å². The highest BCUT2D eigenvalue weighted by Crippen LogP contribution is 2.19. The lowest BCUT2D eigenvalue weighted by Gasteiger charge is -2.07. The van der Waals surface area contributed by atoms with Crippen molar-refractivity contribution in [1.29, 1.82) is 0 Å². The van der Waals surface area contributed by atoms with Crippen molar-refractivity contribution in [2.45, 2.75) is 6.54 Å². The van der Waals surface area contributed by atoms with E-state index in [2.05, 4.69) is 10.3 Å². The Kier molecular flexibility index (Phi) is 3.31. The molecule has 0 aliphatic rings. The van der Waals surface area contributed by atoms with Crippen molar-refractivity contribution in [2.75, 3.05) is 0 Å². The zero-order chi connectivity index (χ0) is 12.4. The van der Waals surface area contributed by atoms with Crippen LogP contribution in [-0.2, 0) is 6.54 Å². The van der Waals surface area contributed by atoms with Crippen LogP contribution in [0.15, 0.2) is 29.1 Å². The Labute approximate surface area is 108 Å². The van der Waals surface area contributed by atoms with Crippen molar-refractivity contribution in [2.24, 2.45) is 5.73 Å². The highest BCUT2D eigenvalue weighted by Gasteiger charge is 2.04. The summed E-state index contributed by atoms with van der Waals surface area (Å²) in [6, 6.07) is 6.85. The third-order valence-electron chi connectivity index (χ3n) is 2.34. The van der Waals surface area contributed by atoms with Crippen LogP contribution in [0.4, 0.5) is 0 Å². The second kappa shape index (κ2) is 4.73. The minimum absolute atomic E-state index is 0.181. The van der Waals surface area contributed by atoms with Crippen LogP contribution in [0.1, 0.15) is 5.56 Å². The molecule has 0 aliphatic heterocycles. The maximum Gasteiger partial charge on any atom is 0.248 e. The van der Waals surface area contributed by atoms with E-state index in [0.29, 0.717) is 17.1 Å². The summed E-state index contributed by atoms with van der Waals surface area (Å²) in [4.78, 5) is 14.2. The molecule has 0 unspecified atom stereocenters. The molecule has 0 aliphatic carbocycles. The van der Waals surface area contributed by atoms with E-state index in [0.717, 1.165) is 10.9 Å². The van der Waals surface area contributed by atoms with Gasteiger partial charge in [0.05, 0.1) is 5.52 Å². The van der Waals surface area contributed by atoms with Crippen molar-refractivity contribution in [3.8, 4) is 0 Å². The van der Waals surface area contributed by atoms with Crippen molar-refractivity contribution in [3.05, 3.63) is 45.2 Å². The van der Waals surface area contributed by atoms with Gasteiger partial charge in [0, 0.05) is 23.0 Å². The number of nitrogens with one attached hydrogen (secondary N) is 2. The smallest absolute Gasteiger partial charge is 0.248 e. The van der Waals surface area contributed by atoms with Gasteiger partial charge in [-0.3, -0.25) is 4.79 Å². The van der Waals surface area contributed by atoms with E-state index < -0.39 is 0 Å². The standard InChI is InChI=1S/C11H10ClN3OS/c12-7-1-2-8-6(5-14-11(13)17)3-10(16)15-9(8)4-7/h1-4H,5H2,(H,15,16)(H3,13,14,17). The van der Waals surface area contributed by atoms with Crippen molar-refractivity contribution >= 4 is 39.8 Å². The number of benzene rings is 1. The average molecular weight is 268 g/mol. The van der Waals surface area contributed by atoms with Crippen molar-refractivity contribution < 1.29 is 0 Å². The van der Waals surface area contributed by atoms with Gasteiger partial charge >= 0.3 is 0 Å². The summed E-state index contributed by atoms with van der Waals surface area (Å²) in [7, 11) is 0. The summed E-state index contributed by atoms with van der Waals surface area (Å²) >= 11 is 10.6. The fraction of sp³-hybridized carbons (Fsp3) is 0.0909. The first-order valence-corrected chi connectivity index (χ1v) is 5.69. The Bertz CT molecular complexity index is 638. The summed E-state index contributed by atoms with van der Waals surface area (Å²) in [6.45, 7) is 0.414. The zero-order valence-electron chi connectivity index (χ0n) is 8.79. The molecule has 0 radical (unpaired) electrons. The predicted molar refractivity (Wildman–Crippen MR) is 73.2 cm³/mol. The lowest BCUT2D eigenvalue weighted by molar-refractivity contribution is 0.924. The number of hydrogen-bond acceptors (Lipinski definition) is 2. The van der Waals surface area contributed by atoms with Gasteiger partial charge in [0.1, 0.15) is 0 Å². The summed E-state index contributed by atoms with van der Waals surface area (Å²) in [5, 5.41) is 4.51. The van der Waals surface area contributed by atoms with Gasteiger partial charge in [-0.05, 0) is 29.9 Å². The van der Waals surface area contributed by atoms with Crippen LogP contribution in [0.25, 0.3) is 10.9 Å². The molecule has 1 heterocycles. The van der Waals surface area contributed by atoms with E-state index in [1.165, 1.54) is 6.07 Å². The number of H-pyrrole nitrogens is 1. The first kappa shape index (κ1) is 11.9. The number of halogens is 1. The Balaban J connectivity index is 2.53. The molecule has 0 saturated carbocycles. The Hall–Kier alpha value is -1.59. The largest absolute Gasteiger partial charge is 0.376 e. The van der Waals surface area contributed by atoms with Crippen LogP contribution < -0.4 is 16.6 Å². The van der Waals surface area contributed by atoms with E-state index in [1.54, 1.807) is 12.1 Å². The zero-order valence-corrected chi connectivity index (χ0v) is 10.4. The van der Waals surface area contributed by atoms with E-state index in [1.807, 2.05) is 6.07 Å². The maximum atomic E-state index is 11.5. The second-order valence-electron chi connectivity index (χ2n) is 3.57. The Morgan fingerprint density at radius 2 is 2.24 bits per heavy atom. The van der Waals surface area contributed by atoms with E-state index >= 15 is 0 Å². The number of thiocarbonyl (C=S) groups is 1. The minimum atomic E-state index is -0.181. The van der Waals surface area contributed by atoms with E-state index in [-0.39, 0.29) is 10.7 Å². The fourth-order valence-electron chi connectivity index (χ4n) is 1.63. The molecule has 0 bridgehead atoms. The molecule has 0 fully saturated rings. The number of fused-ring (bicyclic) bond motifs is 1.